The molecule has 1 unspecified atom stereocenters. The Labute approximate surface area is 127 Å². The Bertz CT molecular complexity index is 503. The van der Waals surface area contributed by atoms with Gasteiger partial charge in [-0.15, -0.1) is 0 Å². The van der Waals surface area contributed by atoms with Crippen LogP contribution in [0, 0.1) is 17.3 Å². The number of esters is 2. The monoisotopic (exact) mass is 310 g/mol. The maximum Gasteiger partial charge on any atom is 0.316 e. The zero-order valence-electron chi connectivity index (χ0n) is 13.9. The van der Waals surface area contributed by atoms with Gasteiger partial charge in [0.15, 0.2) is 0 Å². The molecule has 2 aliphatic carbocycles. The van der Waals surface area contributed by atoms with Crippen LogP contribution in [0.1, 0.15) is 27.2 Å². The highest BCUT2D eigenvalue weighted by atomic mass is 28.3. The second-order valence-corrected chi connectivity index (χ2v) is 12.2. The van der Waals surface area contributed by atoms with Crippen LogP contribution in [0.4, 0.5) is 0 Å². The molecule has 4 nitrogen and oxygen atoms in total. The summed E-state index contributed by atoms with van der Waals surface area (Å²) >= 11 is 0. The number of carbonyl (C=O) groups is 2. The average molecular weight is 310 g/mol. The molecule has 21 heavy (non-hydrogen) atoms. The summed E-state index contributed by atoms with van der Waals surface area (Å²) in [5.74, 6) is -0.517. The van der Waals surface area contributed by atoms with Crippen molar-refractivity contribution in [3.05, 3.63) is 10.8 Å². The third-order valence-electron chi connectivity index (χ3n) is 4.54. The molecular weight excluding hydrogens is 284 g/mol. The van der Waals surface area contributed by atoms with E-state index in [0.717, 1.165) is 6.42 Å². The van der Waals surface area contributed by atoms with Crippen LogP contribution in [0.15, 0.2) is 10.8 Å². The molecule has 1 fully saturated rings. The van der Waals surface area contributed by atoms with Crippen LogP contribution in [0.5, 0.6) is 0 Å². The lowest BCUT2D eigenvalue weighted by Crippen LogP contribution is -2.23. The largest absolute Gasteiger partial charge is 0.466 e. The number of rotatable bonds is 6. The summed E-state index contributed by atoms with van der Waals surface area (Å²) in [6, 6.07) is 0. The Hall–Kier alpha value is -1.10. The van der Waals surface area contributed by atoms with Gasteiger partial charge in [0.1, 0.15) is 0 Å². The predicted molar refractivity (Wildman–Crippen MR) is 83.3 cm³/mol. The van der Waals surface area contributed by atoms with E-state index in [1.807, 2.05) is 13.8 Å². The van der Waals surface area contributed by atoms with E-state index in [2.05, 4.69) is 26.6 Å². The molecule has 2 aliphatic rings. The van der Waals surface area contributed by atoms with Gasteiger partial charge in [-0.2, -0.15) is 0 Å². The maximum atomic E-state index is 12.2. The Morgan fingerprint density at radius 1 is 1.14 bits per heavy atom. The summed E-state index contributed by atoms with van der Waals surface area (Å²) in [6.45, 7) is 13.3. The molecule has 0 aliphatic heterocycles. The van der Waals surface area contributed by atoms with Crippen LogP contribution >= 0.6 is 0 Å². The topological polar surface area (TPSA) is 52.6 Å². The number of hydrogen-bond donors (Lipinski definition) is 0. The van der Waals surface area contributed by atoms with Crippen molar-refractivity contribution in [2.24, 2.45) is 17.3 Å². The fraction of sp³-hybridized carbons (Fsp3) is 0.750. The molecule has 0 aromatic heterocycles. The number of carbonyl (C=O) groups excluding carboxylic acids is 2. The minimum Gasteiger partial charge on any atom is -0.466 e. The minimum absolute atomic E-state index is 0.0850. The summed E-state index contributed by atoms with van der Waals surface area (Å²) in [5.41, 5.74) is 0.998. The van der Waals surface area contributed by atoms with Gasteiger partial charge >= 0.3 is 11.9 Å². The van der Waals surface area contributed by atoms with Crippen molar-refractivity contribution in [2.75, 3.05) is 13.2 Å². The lowest BCUT2D eigenvalue weighted by Gasteiger charge is -2.12. The Kier molecular flexibility index (Phi) is 4.08. The standard InChI is InChI=1S/C16H26O4Si/c1-7-19-14(17)10-9-16(10,3)12-11(15(18)20-8-2)13(12)21(4,5)6/h10-11H,7-9H2,1-6H3/t10-,11?,16-/m0/s1. The van der Waals surface area contributed by atoms with Crippen molar-refractivity contribution in [1.82, 2.24) is 0 Å². The van der Waals surface area contributed by atoms with Gasteiger partial charge in [-0.25, -0.2) is 0 Å². The fourth-order valence-electron chi connectivity index (χ4n) is 3.41. The molecule has 0 heterocycles. The van der Waals surface area contributed by atoms with Gasteiger partial charge in [0, 0.05) is 5.41 Å². The van der Waals surface area contributed by atoms with Gasteiger partial charge in [0.25, 0.3) is 0 Å². The van der Waals surface area contributed by atoms with Crippen LogP contribution < -0.4 is 0 Å². The van der Waals surface area contributed by atoms with E-state index in [0.29, 0.717) is 13.2 Å². The summed E-state index contributed by atoms with van der Waals surface area (Å²) in [7, 11) is -1.57. The molecule has 0 aromatic carbocycles. The quantitative estimate of drug-likeness (QED) is 0.559. The van der Waals surface area contributed by atoms with E-state index < -0.39 is 8.07 Å². The second kappa shape index (κ2) is 5.27. The van der Waals surface area contributed by atoms with Gasteiger partial charge in [0.2, 0.25) is 0 Å². The van der Waals surface area contributed by atoms with Crippen molar-refractivity contribution in [3.63, 3.8) is 0 Å². The summed E-state index contributed by atoms with van der Waals surface area (Å²) < 4.78 is 10.3. The third kappa shape index (κ3) is 2.80. The zero-order valence-corrected chi connectivity index (χ0v) is 14.9. The van der Waals surface area contributed by atoms with E-state index in [9.17, 15) is 9.59 Å². The van der Waals surface area contributed by atoms with Crippen LogP contribution in [-0.4, -0.2) is 33.2 Å². The van der Waals surface area contributed by atoms with E-state index >= 15 is 0 Å². The van der Waals surface area contributed by atoms with Crippen molar-refractivity contribution >= 4 is 20.0 Å². The first kappa shape index (κ1) is 16.3. The lowest BCUT2D eigenvalue weighted by atomic mass is 10.00. The SMILES string of the molecule is CCOC(=O)C1C([C@@]2(C)C[C@H]2C(=O)OCC)=C1[Si](C)(C)C. The van der Waals surface area contributed by atoms with Crippen molar-refractivity contribution in [3.8, 4) is 0 Å². The summed E-state index contributed by atoms with van der Waals surface area (Å²) in [6.07, 6.45) is 0.797. The zero-order chi connectivity index (χ0) is 16.0. The molecule has 0 spiro atoms. The highest BCUT2D eigenvalue weighted by Crippen LogP contribution is 2.68. The maximum absolute atomic E-state index is 12.2. The van der Waals surface area contributed by atoms with Crippen LogP contribution in [-0.2, 0) is 19.1 Å². The van der Waals surface area contributed by atoms with Crippen LogP contribution in [0.25, 0.3) is 0 Å². The molecule has 1 saturated carbocycles. The molecule has 0 amide bonds. The van der Waals surface area contributed by atoms with E-state index in [1.165, 1.54) is 10.8 Å². The van der Waals surface area contributed by atoms with Gasteiger partial charge in [-0.05, 0) is 25.8 Å². The van der Waals surface area contributed by atoms with Gasteiger partial charge in [-0.1, -0.05) is 31.8 Å². The smallest absolute Gasteiger partial charge is 0.316 e. The van der Waals surface area contributed by atoms with Crippen LogP contribution in [0.2, 0.25) is 19.6 Å². The third-order valence-corrected chi connectivity index (χ3v) is 6.71. The molecule has 3 atom stereocenters. The molecule has 5 heteroatoms. The molecule has 0 bridgehead atoms. The number of hydrogen-bond acceptors (Lipinski definition) is 4. The first-order chi connectivity index (χ1) is 9.68. The first-order valence-corrected chi connectivity index (χ1v) is 11.3. The first-order valence-electron chi connectivity index (χ1n) is 7.76. The Morgan fingerprint density at radius 3 is 2.14 bits per heavy atom. The highest BCUT2D eigenvalue weighted by molar-refractivity contribution is 6.85. The molecule has 0 aromatic rings. The van der Waals surface area contributed by atoms with E-state index in [4.69, 9.17) is 9.47 Å². The molecule has 0 N–H and O–H groups in total. The molecule has 0 saturated heterocycles. The van der Waals surface area contributed by atoms with Crippen molar-refractivity contribution in [1.29, 1.82) is 0 Å². The highest BCUT2D eigenvalue weighted by Gasteiger charge is 2.67. The van der Waals surface area contributed by atoms with Gasteiger partial charge < -0.3 is 9.47 Å². The van der Waals surface area contributed by atoms with Gasteiger partial charge in [-0.3, -0.25) is 9.59 Å². The molecule has 0 radical (unpaired) electrons. The Balaban J connectivity index is 2.19. The van der Waals surface area contributed by atoms with E-state index in [1.54, 1.807) is 0 Å². The minimum atomic E-state index is -1.57. The Morgan fingerprint density at radius 2 is 1.67 bits per heavy atom. The number of ether oxygens (including phenoxy) is 2. The normalized spacial score (nSPS) is 31.0. The molecule has 2 rings (SSSR count). The average Bonchev–Trinajstić information content (AvgIpc) is 3.21. The van der Waals surface area contributed by atoms with E-state index in [-0.39, 0.29) is 29.2 Å². The van der Waals surface area contributed by atoms with Crippen molar-refractivity contribution in [2.45, 2.75) is 46.8 Å². The molecule has 118 valence electrons. The van der Waals surface area contributed by atoms with Gasteiger partial charge in [0.05, 0.1) is 33.1 Å². The lowest BCUT2D eigenvalue weighted by molar-refractivity contribution is -0.146. The second-order valence-electron chi connectivity index (χ2n) is 7.19. The predicted octanol–water partition coefficient (Wildman–Crippen LogP) is 2.94. The summed E-state index contributed by atoms with van der Waals surface area (Å²) in [4.78, 5) is 24.2. The van der Waals surface area contributed by atoms with Crippen molar-refractivity contribution < 1.29 is 19.1 Å². The molecular formula is C16H26O4Si. The van der Waals surface area contributed by atoms with Crippen LogP contribution in [0.3, 0.4) is 0 Å². The summed E-state index contributed by atoms with van der Waals surface area (Å²) in [5, 5.41) is 1.29. The fourth-order valence-corrected chi connectivity index (χ4v) is 5.70.